The highest BCUT2D eigenvalue weighted by atomic mass is 16.4. The van der Waals surface area contributed by atoms with Crippen molar-refractivity contribution in [3.8, 4) is 11.5 Å². The monoisotopic (exact) mass is 361 g/mol. The lowest BCUT2D eigenvalue weighted by Gasteiger charge is -2.08. The van der Waals surface area contributed by atoms with Gasteiger partial charge in [0.05, 0.1) is 11.9 Å². The molecule has 8 nitrogen and oxygen atoms in total. The van der Waals surface area contributed by atoms with Crippen LogP contribution in [-0.4, -0.2) is 29.7 Å². The largest absolute Gasteiger partial charge is 0.421 e. The van der Waals surface area contributed by atoms with E-state index in [1.807, 2.05) is 24.5 Å². The second-order valence-electron chi connectivity index (χ2n) is 7.02. The number of aryl methyl sites for hydroxylation is 2. The van der Waals surface area contributed by atoms with Crippen LogP contribution in [-0.2, 0) is 6.54 Å². The van der Waals surface area contributed by atoms with Crippen molar-refractivity contribution in [3.63, 3.8) is 0 Å². The Balaban J connectivity index is 1.41. The first-order valence-electron chi connectivity index (χ1n) is 9.02. The zero-order valence-corrected chi connectivity index (χ0v) is 15.2. The number of imidazole rings is 1. The lowest BCUT2D eigenvalue weighted by atomic mass is 10.2. The van der Waals surface area contributed by atoms with Crippen LogP contribution in [0.1, 0.15) is 24.3 Å². The van der Waals surface area contributed by atoms with E-state index in [0.717, 1.165) is 40.6 Å². The molecule has 5 rings (SSSR count). The topological polar surface area (TPSA) is 94.6 Å². The van der Waals surface area contributed by atoms with Crippen LogP contribution >= 0.6 is 0 Å². The van der Waals surface area contributed by atoms with E-state index in [1.54, 1.807) is 13.1 Å². The van der Waals surface area contributed by atoms with E-state index >= 15 is 0 Å². The molecule has 0 spiro atoms. The summed E-state index contributed by atoms with van der Waals surface area (Å²) in [6.07, 6.45) is 6.20. The number of nitrogens with zero attached hydrogens (tertiary/aromatic N) is 6. The first kappa shape index (κ1) is 15.9. The Morgan fingerprint density at radius 2 is 2.04 bits per heavy atom. The minimum Gasteiger partial charge on any atom is -0.421 e. The molecule has 0 amide bonds. The molecule has 0 bridgehead atoms. The summed E-state index contributed by atoms with van der Waals surface area (Å²) in [6, 6.07) is 5.76. The van der Waals surface area contributed by atoms with Gasteiger partial charge in [0.15, 0.2) is 5.65 Å². The van der Waals surface area contributed by atoms with Crippen molar-refractivity contribution in [1.29, 1.82) is 0 Å². The van der Waals surface area contributed by atoms with Gasteiger partial charge in [0.2, 0.25) is 11.8 Å². The third kappa shape index (κ3) is 3.14. The average molecular weight is 361 g/mol. The number of rotatable bonds is 5. The lowest BCUT2D eigenvalue weighted by Crippen LogP contribution is -2.02. The van der Waals surface area contributed by atoms with Crippen molar-refractivity contribution in [1.82, 2.24) is 29.7 Å². The van der Waals surface area contributed by atoms with E-state index in [4.69, 9.17) is 9.40 Å². The van der Waals surface area contributed by atoms with E-state index < -0.39 is 0 Å². The number of hydrogen-bond acceptors (Lipinski definition) is 7. The summed E-state index contributed by atoms with van der Waals surface area (Å²) in [4.78, 5) is 13.7. The van der Waals surface area contributed by atoms with Crippen molar-refractivity contribution in [2.75, 3.05) is 5.32 Å². The summed E-state index contributed by atoms with van der Waals surface area (Å²) < 4.78 is 7.58. The van der Waals surface area contributed by atoms with E-state index in [9.17, 15) is 0 Å². The molecule has 0 aliphatic heterocycles. The zero-order chi connectivity index (χ0) is 18.4. The van der Waals surface area contributed by atoms with Gasteiger partial charge in [-0.2, -0.15) is 0 Å². The van der Waals surface area contributed by atoms with E-state index in [2.05, 4.69) is 37.0 Å². The molecular formula is C19H19N7O. The van der Waals surface area contributed by atoms with Gasteiger partial charge in [0, 0.05) is 19.7 Å². The van der Waals surface area contributed by atoms with Crippen LogP contribution in [0.2, 0.25) is 0 Å². The molecule has 0 radical (unpaired) electrons. The van der Waals surface area contributed by atoms with Gasteiger partial charge in [-0.1, -0.05) is 0 Å². The fraction of sp³-hybridized carbons (Fsp3) is 0.316. The van der Waals surface area contributed by atoms with Crippen LogP contribution in [0.5, 0.6) is 0 Å². The standard InChI is InChI=1S/C19H19N7O/c1-11-7-16(23-18-17(11)21-10-26(18)9-13-3-4-13)22-15-6-5-14(8-20-15)19-25-24-12(2)27-19/h5-8,10,13H,3-4,9H2,1-2H3,(H,20,22,23). The number of nitrogens with one attached hydrogen (secondary N) is 1. The van der Waals surface area contributed by atoms with Crippen molar-refractivity contribution in [2.24, 2.45) is 5.92 Å². The molecule has 0 atom stereocenters. The van der Waals surface area contributed by atoms with Crippen molar-refractivity contribution < 1.29 is 4.42 Å². The molecule has 1 N–H and O–H groups in total. The first-order valence-corrected chi connectivity index (χ1v) is 9.02. The predicted octanol–water partition coefficient (Wildman–Crippen LogP) is 3.65. The van der Waals surface area contributed by atoms with Crippen LogP contribution in [0.15, 0.2) is 35.1 Å². The molecule has 0 saturated heterocycles. The zero-order valence-electron chi connectivity index (χ0n) is 15.2. The summed E-state index contributed by atoms with van der Waals surface area (Å²) in [7, 11) is 0. The highest BCUT2D eigenvalue weighted by molar-refractivity contribution is 5.78. The summed E-state index contributed by atoms with van der Waals surface area (Å²) in [5.41, 5.74) is 3.75. The Bertz CT molecular complexity index is 1110. The molecule has 4 aromatic rings. The highest BCUT2D eigenvalue weighted by Gasteiger charge is 2.23. The molecule has 0 unspecified atom stereocenters. The number of aromatic nitrogens is 6. The van der Waals surface area contributed by atoms with Gasteiger partial charge in [-0.05, 0) is 49.4 Å². The number of anilines is 2. The first-order chi connectivity index (χ1) is 13.2. The normalized spacial score (nSPS) is 14.0. The molecule has 27 heavy (non-hydrogen) atoms. The molecule has 1 aliphatic carbocycles. The van der Waals surface area contributed by atoms with Gasteiger partial charge in [0.1, 0.15) is 17.2 Å². The van der Waals surface area contributed by atoms with Crippen molar-refractivity contribution in [2.45, 2.75) is 33.2 Å². The molecule has 0 aromatic carbocycles. The maximum Gasteiger partial charge on any atom is 0.249 e. The highest BCUT2D eigenvalue weighted by Crippen LogP contribution is 2.32. The van der Waals surface area contributed by atoms with Crippen molar-refractivity contribution in [3.05, 3.63) is 42.2 Å². The number of pyridine rings is 2. The fourth-order valence-electron chi connectivity index (χ4n) is 3.11. The van der Waals surface area contributed by atoms with Gasteiger partial charge in [-0.3, -0.25) is 0 Å². The molecule has 1 saturated carbocycles. The Morgan fingerprint density at radius 3 is 2.74 bits per heavy atom. The van der Waals surface area contributed by atoms with Gasteiger partial charge < -0.3 is 14.3 Å². The van der Waals surface area contributed by atoms with Crippen LogP contribution in [0.4, 0.5) is 11.6 Å². The Hall–Kier alpha value is -3.29. The minimum absolute atomic E-state index is 0.464. The molecule has 4 aromatic heterocycles. The Morgan fingerprint density at radius 1 is 1.15 bits per heavy atom. The number of hydrogen-bond donors (Lipinski definition) is 1. The van der Waals surface area contributed by atoms with Gasteiger partial charge in [-0.25, -0.2) is 15.0 Å². The smallest absolute Gasteiger partial charge is 0.249 e. The second-order valence-corrected chi connectivity index (χ2v) is 7.02. The van der Waals surface area contributed by atoms with Crippen LogP contribution in [0.3, 0.4) is 0 Å². The minimum atomic E-state index is 0.464. The van der Waals surface area contributed by atoms with Gasteiger partial charge in [0.25, 0.3) is 0 Å². The van der Waals surface area contributed by atoms with Crippen molar-refractivity contribution >= 4 is 22.8 Å². The maximum absolute atomic E-state index is 5.43. The second kappa shape index (κ2) is 6.15. The SMILES string of the molecule is Cc1nnc(-c2ccc(Nc3cc(C)c4ncn(CC5CC5)c4n3)nc2)o1. The third-order valence-corrected chi connectivity index (χ3v) is 4.71. The summed E-state index contributed by atoms with van der Waals surface area (Å²) in [5, 5.41) is 11.1. The van der Waals surface area contributed by atoms with Crippen LogP contribution in [0, 0.1) is 19.8 Å². The molecule has 4 heterocycles. The maximum atomic E-state index is 5.43. The predicted molar refractivity (Wildman–Crippen MR) is 101 cm³/mol. The quantitative estimate of drug-likeness (QED) is 0.580. The van der Waals surface area contributed by atoms with Crippen LogP contribution in [0.25, 0.3) is 22.6 Å². The average Bonchev–Trinajstić information content (AvgIpc) is 3.22. The van der Waals surface area contributed by atoms with Gasteiger partial charge in [-0.15, -0.1) is 10.2 Å². The molecule has 8 heteroatoms. The lowest BCUT2D eigenvalue weighted by molar-refractivity contribution is 0.532. The number of fused-ring (bicyclic) bond motifs is 1. The third-order valence-electron chi connectivity index (χ3n) is 4.71. The van der Waals surface area contributed by atoms with Gasteiger partial charge >= 0.3 is 0 Å². The van der Waals surface area contributed by atoms with E-state index in [-0.39, 0.29) is 0 Å². The molecule has 136 valence electrons. The molecule has 1 aliphatic rings. The summed E-state index contributed by atoms with van der Waals surface area (Å²) >= 11 is 0. The summed E-state index contributed by atoms with van der Waals surface area (Å²) in [6.45, 7) is 4.80. The van der Waals surface area contributed by atoms with Crippen LogP contribution < -0.4 is 5.32 Å². The Labute approximate surface area is 155 Å². The van der Waals surface area contributed by atoms with E-state index in [1.165, 1.54) is 12.8 Å². The summed E-state index contributed by atoms with van der Waals surface area (Å²) in [5.74, 6) is 3.22. The van der Waals surface area contributed by atoms with E-state index in [0.29, 0.717) is 17.6 Å². The Kier molecular flexibility index (Phi) is 3.63. The molecule has 1 fully saturated rings. The fourth-order valence-corrected chi connectivity index (χ4v) is 3.11. The molecular weight excluding hydrogens is 342 g/mol.